The zero-order valence-electron chi connectivity index (χ0n) is 31.2. The van der Waals surface area contributed by atoms with Gasteiger partial charge in [-0.1, -0.05) is 54.4 Å². The summed E-state index contributed by atoms with van der Waals surface area (Å²) in [5.41, 5.74) is 2.00. The molecule has 7 rings (SSSR count). The molecule has 0 saturated carbocycles. The second-order valence-corrected chi connectivity index (χ2v) is 14.0. The number of aromatic nitrogens is 6. The van der Waals surface area contributed by atoms with Crippen molar-refractivity contribution < 1.29 is 32.2 Å². The molecular formula is C39H39ClF3N9O5. The number of halogens is 4. The molecule has 0 spiro atoms. The van der Waals surface area contributed by atoms with E-state index in [1.807, 2.05) is 48.2 Å². The number of rotatable bonds is 10. The summed E-state index contributed by atoms with van der Waals surface area (Å²) in [4.78, 5) is 58.6. The van der Waals surface area contributed by atoms with Crippen molar-refractivity contribution >= 4 is 46.6 Å². The molecule has 2 saturated heterocycles. The Kier molecular flexibility index (Phi) is 11.6. The summed E-state index contributed by atoms with van der Waals surface area (Å²) < 4.78 is 54.1. The minimum atomic E-state index is -4.61. The summed E-state index contributed by atoms with van der Waals surface area (Å²) in [5, 5.41) is 6.87. The van der Waals surface area contributed by atoms with Gasteiger partial charge in [0.1, 0.15) is 25.2 Å². The van der Waals surface area contributed by atoms with Crippen molar-refractivity contribution in [2.24, 2.45) is 0 Å². The maximum atomic E-state index is 14.3. The van der Waals surface area contributed by atoms with Crippen LogP contribution in [0.5, 0.6) is 5.75 Å². The van der Waals surface area contributed by atoms with Crippen LogP contribution in [0.2, 0.25) is 5.02 Å². The highest BCUT2D eigenvalue weighted by Crippen LogP contribution is 2.34. The topological polar surface area (TPSA) is 149 Å². The molecule has 0 aliphatic carbocycles. The van der Waals surface area contributed by atoms with E-state index in [2.05, 4.69) is 25.4 Å². The van der Waals surface area contributed by atoms with Crippen LogP contribution in [-0.4, -0.2) is 85.2 Å². The number of ether oxygens (including phenoxy) is 2. The molecule has 0 atom stereocenters. The van der Waals surface area contributed by atoms with E-state index in [1.54, 1.807) is 16.4 Å². The maximum absolute atomic E-state index is 14.3. The Labute approximate surface area is 329 Å². The molecule has 3 aromatic heterocycles. The number of fused-ring (bicyclic) bond motifs is 1. The molecule has 2 amide bonds. The lowest BCUT2D eigenvalue weighted by atomic mass is 10.1. The molecule has 1 N–H and O–H groups in total. The molecule has 5 aromatic rings. The van der Waals surface area contributed by atoms with Gasteiger partial charge in [-0.3, -0.25) is 14.4 Å². The van der Waals surface area contributed by atoms with Crippen LogP contribution in [-0.2, 0) is 35.3 Å². The second-order valence-electron chi connectivity index (χ2n) is 13.6. The highest BCUT2D eigenvalue weighted by atomic mass is 35.5. The predicted molar refractivity (Wildman–Crippen MR) is 205 cm³/mol. The van der Waals surface area contributed by atoms with Crippen LogP contribution in [0.25, 0.3) is 11.9 Å². The van der Waals surface area contributed by atoms with Crippen LogP contribution in [0.15, 0.2) is 65.2 Å². The number of amides is 2. The number of nitrogens with one attached hydrogen (secondary N) is 1. The fourth-order valence-electron chi connectivity index (χ4n) is 6.89. The standard InChI is InChI=1S/C39H39ClF3N9O5/c1-3-30-34(49-13-15-50(16-14-49)36(54)33-35(24(2)44-23-45-33)57-22-26-7-5-4-6-8-26)37(55)52-38(47-31(48-52)19-25-11-17-56-18-12-25)51(30)21-32(53)46-29-10-9-27(20-28(29)40)39(41,42)43/h4-10,19-20,23H,3,11-18,21-22H2,1-2H3,(H,46,53). The number of piperazine rings is 1. The molecule has 57 heavy (non-hydrogen) atoms. The van der Waals surface area contributed by atoms with Gasteiger partial charge < -0.3 is 29.2 Å². The van der Waals surface area contributed by atoms with Crippen LogP contribution in [0.3, 0.4) is 0 Å². The molecule has 5 heterocycles. The molecule has 2 aromatic carbocycles. The molecule has 0 bridgehead atoms. The van der Waals surface area contributed by atoms with Crippen LogP contribution in [0, 0.1) is 6.92 Å². The molecule has 2 aliphatic rings. The SMILES string of the molecule is CCc1c(N2CCN(C(=O)c3ncnc(C)c3OCc3ccccc3)CC2)c(=O)n2nc(C=C3CCOCC3)nc2n1CC(=O)Nc1ccc(C(F)(F)F)cc1Cl. The minimum absolute atomic E-state index is 0.00953. The Morgan fingerprint density at radius 1 is 1.04 bits per heavy atom. The first-order valence-corrected chi connectivity index (χ1v) is 18.8. The van der Waals surface area contributed by atoms with E-state index in [-0.39, 0.29) is 78.9 Å². The van der Waals surface area contributed by atoms with Crippen LogP contribution in [0.1, 0.15) is 58.6 Å². The van der Waals surface area contributed by atoms with E-state index in [4.69, 9.17) is 21.1 Å². The molecule has 2 aliphatic heterocycles. The quantitative estimate of drug-likeness (QED) is 0.189. The molecule has 18 heteroatoms. The number of benzene rings is 2. The summed E-state index contributed by atoms with van der Waals surface area (Å²) in [5.74, 6) is -0.263. The van der Waals surface area contributed by atoms with Crippen molar-refractivity contribution in [2.45, 2.75) is 52.4 Å². The first-order valence-electron chi connectivity index (χ1n) is 18.4. The Hall–Kier alpha value is -5.81. The largest absolute Gasteiger partial charge is 0.485 e. The number of anilines is 2. The van der Waals surface area contributed by atoms with Gasteiger partial charge in [-0.2, -0.15) is 22.7 Å². The normalized spacial score (nSPS) is 14.9. The van der Waals surface area contributed by atoms with Gasteiger partial charge >= 0.3 is 6.18 Å². The van der Waals surface area contributed by atoms with Crippen molar-refractivity contribution in [3.63, 3.8) is 0 Å². The number of hydrogen-bond acceptors (Lipinski definition) is 10. The van der Waals surface area contributed by atoms with Gasteiger partial charge in [-0.05, 0) is 56.0 Å². The molecule has 0 radical (unpaired) electrons. The molecule has 2 fully saturated rings. The lowest BCUT2D eigenvalue weighted by Crippen LogP contribution is -2.51. The zero-order chi connectivity index (χ0) is 40.3. The molecular weight excluding hydrogens is 767 g/mol. The summed E-state index contributed by atoms with van der Waals surface area (Å²) in [6.07, 6.45) is 0.186. The number of hydrogen-bond donors (Lipinski definition) is 1. The number of carbonyl (C=O) groups is 2. The highest BCUT2D eigenvalue weighted by molar-refractivity contribution is 6.33. The van der Waals surface area contributed by atoms with Crippen molar-refractivity contribution in [3.05, 3.63) is 110 Å². The monoisotopic (exact) mass is 805 g/mol. The fraction of sp³-hybridized carbons (Fsp3) is 0.359. The van der Waals surface area contributed by atoms with Crippen LogP contribution >= 0.6 is 11.6 Å². The fourth-order valence-corrected chi connectivity index (χ4v) is 7.12. The van der Waals surface area contributed by atoms with E-state index in [9.17, 15) is 27.6 Å². The molecule has 298 valence electrons. The summed E-state index contributed by atoms with van der Waals surface area (Å²) in [7, 11) is 0. The third kappa shape index (κ3) is 8.63. The van der Waals surface area contributed by atoms with E-state index >= 15 is 0 Å². The van der Waals surface area contributed by atoms with E-state index in [1.165, 1.54) is 6.33 Å². The van der Waals surface area contributed by atoms with Gasteiger partial charge in [0.25, 0.3) is 11.5 Å². The molecule has 0 unspecified atom stereocenters. The smallest absolute Gasteiger partial charge is 0.416 e. The number of nitrogens with zero attached hydrogens (tertiary/aromatic N) is 8. The number of carbonyl (C=O) groups excluding carboxylic acids is 2. The number of aryl methyl sites for hydroxylation is 1. The third-order valence-electron chi connectivity index (χ3n) is 9.81. The van der Waals surface area contributed by atoms with Crippen molar-refractivity contribution in [1.82, 2.24) is 34.0 Å². The lowest BCUT2D eigenvalue weighted by molar-refractivity contribution is -0.137. The first-order chi connectivity index (χ1) is 27.4. The van der Waals surface area contributed by atoms with Crippen LogP contribution < -0.4 is 20.5 Å². The van der Waals surface area contributed by atoms with Gasteiger partial charge in [0.05, 0.1) is 40.9 Å². The summed E-state index contributed by atoms with van der Waals surface area (Å²) in [6.45, 7) is 5.57. The Bertz CT molecular complexity index is 2390. The van der Waals surface area contributed by atoms with Gasteiger partial charge in [-0.15, -0.1) is 5.10 Å². The average molecular weight is 806 g/mol. The lowest BCUT2D eigenvalue weighted by Gasteiger charge is -2.36. The van der Waals surface area contributed by atoms with Crippen molar-refractivity contribution in [3.8, 4) is 5.75 Å². The molecule has 14 nitrogen and oxygen atoms in total. The van der Waals surface area contributed by atoms with Crippen LogP contribution in [0.4, 0.5) is 24.5 Å². The Morgan fingerprint density at radius 3 is 2.46 bits per heavy atom. The Morgan fingerprint density at radius 2 is 1.77 bits per heavy atom. The third-order valence-corrected chi connectivity index (χ3v) is 10.1. The van der Waals surface area contributed by atoms with Gasteiger partial charge in [0.15, 0.2) is 17.3 Å². The zero-order valence-corrected chi connectivity index (χ0v) is 31.9. The summed E-state index contributed by atoms with van der Waals surface area (Å²) in [6, 6.07) is 12.2. The van der Waals surface area contributed by atoms with Crippen molar-refractivity contribution in [1.29, 1.82) is 0 Å². The van der Waals surface area contributed by atoms with E-state index < -0.39 is 23.2 Å². The number of alkyl halides is 3. The second kappa shape index (κ2) is 16.7. The Balaban J connectivity index is 1.17. The van der Waals surface area contributed by atoms with E-state index in [0.717, 1.165) is 33.9 Å². The minimum Gasteiger partial charge on any atom is -0.485 e. The summed E-state index contributed by atoms with van der Waals surface area (Å²) >= 11 is 6.16. The van der Waals surface area contributed by atoms with Crippen molar-refractivity contribution in [2.75, 3.05) is 49.6 Å². The van der Waals surface area contributed by atoms with E-state index in [0.29, 0.717) is 49.6 Å². The maximum Gasteiger partial charge on any atom is 0.416 e. The van der Waals surface area contributed by atoms with Gasteiger partial charge in [0.2, 0.25) is 11.7 Å². The highest BCUT2D eigenvalue weighted by Gasteiger charge is 2.32. The van der Waals surface area contributed by atoms with Gasteiger partial charge in [-0.25, -0.2) is 9.97 Å². The van der Waals surface area contributed by atoms with Gasteiger partial charge in [0, 0.05) is 26.2 Å². The first kappa shape index (κ1) is 39.4. The average Bonchev–Trinajstić information content (AvgIpc) is 3.63. The predicted octanol–water partition coefficient (Wildman–Crippen LogP) is 5.60.